The molecule has 2 rings (SSSR count). The van der Waals surface area contributed by atoms with Crippen LogP contribution in [0.3, 0.4) is 0 Å². The van der Waals surface area contributed by atoms with Gasteiger partial charge in [-0.2, -0.15) is 5.10 Å². The van der Waals surface area contributed by atoms with E-state index >= 15 is 0 Å². The molecule has 0 saturated carbocycles. The molecule has 0 spiro atoms. The van der Waals surface area contributed by atoms with Crippen LogP contribution in [0.2, 0.25) is 5.02 Å². The Balaban J connectivity index is 2.08. The molecule has 96 valence electrons. The fraction of sp³-hybridized carbons (Fsp3) is 0.308. The summed E-state index contributed by atoms with van der Waals surface area (Å²) in [7, 11) is 0. The van der Waals surface area contributed by atoms with Crippen LogP contribution in [0, 0.1) is 12.7 Å². The Labute approximate surface area is 111 Å². The second-order valence-corrected chi connectivity index (χ2v) is 4.48. The summed E-state index contributed by atoms with van der Waals surface area (Å²) in [6.45, 7) is 5.47. The van der Waals surface area contributed by atoms with Gasteiger partial charge in [0.2, 0.25) is 0 Å². The Kier molecular flexibility index (Phi) is 3.87. The van der Waals surface area contributed by atoms with Gasteiger partial charge in [0.25, 0.3) is 0 Å². The van der Waals surface area contributed by atoms with Crippen LogP contribution in [0.4, 0.5) is 10.1 Å². The summed E-state index contributed by atoms with van der Waals surface area (Å²) in [5.74, 6) is -0.406. The zero-order valence-corrected chi connectivity index (χ0v) is 11.1. The molecular weight excluding hydrogens is 253 g/mol. The molecule has 5 heteroatoms. The number of aromatic nitrogens is 2. The number of hydrogen-bond acceptors (Lipinski definition) is 2. The van der Waals surface area contributed by atoms with Gasteiger partial charge in [0.05, 0.1) is 23.0 Å². The zero-order chi connectivity index (χ0) is 13.1. The lowest BCUT2D eigenvalue weighted by atomic mass is 10.3. The number of halogens is 2. The molecular formula is C13H15ClFN3. The highest BCUT2D eigenvalue weighted by Crippen LogP contribution is 2.20. The van der Waals surface area contributed by atoms with Crippen LogP contribution in [-0.4, -0.2) is 9.78 Å². The molecule has 1 aromatic heterocycles. The van der Waals surface area contributed by atoms with Crippen molar-refractivity contribution in [2.24, 2.45) is 0 Å². The van der Waals surface area contributed by atoms with Gasteiger partial charge in [0.15, 0.2) is 0 Å². The van der Waals surface area contributed by atoms with Gasteiger partial charge in [-0.05, 0) is 38.1 Å². The van der Waals surface area contributed by atoms with E-state index in [0.717, 1.165) is 23.6 Å². The molecule has 0 bridgehead atoms. The maximum absolute atomic E-state index is 13.0. The number of anilines is 1. The average molecular weight is 268 g/mol. The second kappa shape index (κ2) is 5.40. The highest BCUT2D eigenvalue weighted by molar-refractivity contribution is 6.31. The lowest BCUT2D eigenvalue weighted by Crippen LogP contribution is -2.07. The number of benzene rings is 1. The summed E-state index contributed by atoms with van der Waals surface area (Å²) in [6, 6.07) is 6.63. The second-order valence-electron chi connectivity index (χ2n) is 4.08. The minimum Gasteiger partial charge on any atom is -0.379 e. The minimum atomic E-state index is -0.406. The molecule has 3 nitrogen and oxygen atoms in total. The lowest BCUT2D eigenvalue weighted by Gasteiger charge is -2.08. The molecule has 18 heavy (non-hydrogen) atoms. The first kappa shape index (κ1) is 12.9. The first-order valence-electron chi connectivity index (χ1n) is 5.82. The molecule has 0 radical (unpaired) electrons. The van der Waals surface area contributed by atoms with Crippen molar-refractivity contribution in [2.75, 3.05) is 5.32 Å². The van der Waals surface area contributed by atoms with E-state index in [4.69, 9.17) is 11.6 Å². The van der Waals surface area contributed by atoms with Crippen LogP contribution >= 0.6 is 11.6 Å². The van der Waals surface area contributed by atoms with Gasteiger partial charge in [-0.25, -0.2) is 4.39 Å². The standard InChI is InChI=1S/C13H15ClFN3/c1-3-18-11(6-9(2)17-18)8-16-10-4-5-13(15)12(14)7-10/h4-7,16H,3,8H2,1-2H3. The smallest absolute Gasteiger partial charge is 0.141 e. The monoisotopic (exact) mass is 267 g/mol. The van der Waals surface area contributed by atoms with Gasteiger partial charge in [-0.1, -0.05) is 11.6 Å². The third kappa shape index (κ3) is 2.82. The molecule has 2 aromatic rings. The first-order chi connectivity index (χ1) is 8.60. The van der Waals surface area contributed by atoms with E-state index in [1.807, 2.05) is 24.6 Å². The normalized spacial score (nSPS) is 10.7. The molecule has 0 atom stereocenters. The van der Waals surface area contributed by atoms with Crippen molar-refractivity contribution in [3.63, 3.8) is 0 Å². The Morgan fingerprint density at radius 3 is 2.83 bits per heavy atom. The molecule has 0 saturated heterocycles. The maximum atomic E-state index is 13.0. The highest BCUT2D eigenvalue weighted by Gasteiger charge is 2.05. The van der Waals surface area contributed by atoms with Crippen molar-refractivity contribution in [1.29, 1.82) is 0 Å². The number of aryl methyl sites for hydroxylation is 2. The van der Waals surface area contributed by atoms with Gasteiger partial charge in [0.1, 0.15) is 5.82 Å². The zero-order valence-electron chi connectivity index (χ0n) is 10.4. The molecule has 1 heterocycles. The molecule has 0 aliphatic rings. The first-order valence-corrected chi connectivity index (χ1v) is 6.20. The summed E-state index contributed by atoms with van der Waals surface area (Å²) in [6.07, 6.45) is 0. The van der Waals surface area contributed by atoms with Crippen LogP contribution in [-0.2, 0) is 13.1 Å². The quantitative estimate of drug-likeness (QED) is 0.917. The van der Waals surface area contributed by atoms with Crippen molar-refractivity contribution in [3.05, 3.63) is 46.5 Å². The van der Waals surface area contributed by atoms with Crippen molar-refractivity contribution in [2.45, 2.75) is 26.9 Å². The predicted octanol–water partition coefficient (Wildman–Crippen LogP) is 3.62. The summed E-state index contributed by atoms with van der Waals surface area (Å²) >= 11 is 5.73. The number of rotatable bonds is 4. The van der Waals surface area contributed by atoms with E-state index in [1.165, 1.54) is 6.07 Å². The van der Waals surface area contributed by atoms with Gasteiger partial charge in [-0.3, -0.25) is 4.68 Å². The molecule has 0 aliphatic carbocycles. The third-order valence-electron chi connectivity index (χ3n) is 2.68. The number of nitrogens with one attached hydrogen (secondary N) is 1. The molecule has 0 fully saturated rings. The number of nitrogens with zero attached hydrogens (tertiary/aromatic N) is 2. The molecule has 0 unspecified atom stereocenters. The minimum absolute atomic E-state index is 0.125. The molecule has 0 amide bonds. The lowest BCUT2D eigenvalue weighted by molar-refractivity contribution is 0.622. The van der Waals surface area contributed by atoms with E-state index < -0.39 is 5.82 Å². The molecule has 1 aromatic carbocycles. The van der Waals surface area contributed by atoms with Crippen LogP contribution in [0.1, 0.15) is 18.3 Å². The van der Waals surface area contributed by atoms with Gasteiger partial charge >= 0.3 is 0 Å². The fourth-order valence-corrected chi connectivity index (χ4v) is 1.99. The van der Waals surface area contributed by atoms with E-state index in [-0.39, 0.29) is 5.02 Å². The molecule has 0 aliphatic heterocycles. The Morgan fingerprint density at radius 1 is 1.39 bits per heavy atom. The Morgan fingerprint density at radius 2 is 2.17 bits per heavy atom. The molecule has 1 N–H and O–H groups in total. The predicted molar refractivity (Wildman–Crippen MR) is 71.4 cm³/mol. The Bertz CT molecular complexity index is 551. The van der Waals surface area contributed by atoms with E-state index in [1.54, 1.807) is 12.1 Å². The highest BCUT2D eigenvalue weighted by atomic mass is 35.5. The van der Waals surface area contributed by atoms with E-state index in [9.17, 15) is 4.39 Å². The number of hydrogen-bond donors (Lipinski definition) is 1. The summed E-state index contributed by atoms with van der Waals surface area (Å²) in [5, 5.41) is 7.69. The van der Waals surface area contributed by atoms with Crippen molar-refractivity contribution >= 4 is 17.3 Å². The summed E-state index contributed by atoms with van der Waals surface area (Å²) < 4.78 is 14.9. The summed E-state index contributed by atoms with van der Waals surface area (Å²) in [5.41, 5.74) is 2.88. The Hall–Kier alpha value is -1.55. The van der Waals surface area contributed by atoms with Crippen molar-refractivity contribution in [3.8, 4) is 0 Å². The van der Waals surface area contributed by atoms with Crippen molar-refractivity contribution in [1.82, 2.24) is 9.78 Å². The maximum Gasteiger partial charge on any atom is 0.141 e. The van der Waals surface area contributed by atoms with Gasteiger partial charge in [-0.15, -0.1) is 0 Å². The van der Waals surface area contributed by atoms with Gasteiger partial charge < -0.3 is 5.32 Å². The van der Waals surface area contributed by atoms with E-state index in [2.05, 4.69) is 10.4 Å². The fourth-order valence-electron chi connectivity index (χ4n) is 1.81. The van der Waals surface area contributed by atoms with Crippen LogP contribution in [0.25, 0.3) is 0 Å². The topological polar surface area (TPSA) is 29.9 Å². The van der Waals surface area contributed by atoms with Crippen LogP contribution in [0.5, 0.6) is 0 Å². The average Bonchev–Trinajstić information content (AvgIpc) is 2.71. The third-order valence-corrected chi connectivity index (χ3v) is 2.97. The van der Waals surface area contributed by atoms with Crippen LogP contribution < -0.4 is 5.32 Å². The summed E-state index contributed by atoms with van der Waals surface area (Å²) in [4.78, 5) is 0. The SMILES string of the molecule is CCn1nc(C)cc1CNc1ccc(F)c(Cl)c1. The van der Waals surface area contributed by atoms with Gasteiger partial charge in [0, 0.05) is 12.2 Å². The van der Waals surface area contributed by atoms with E-state index in [0.29, 0.717) is 6.54 Å². The van der Waals surface area contributed by atoms with Crippen LogP contribution in [0.15, 0.2) is 24.3 Å². The van der Waals surface area contributed by atoms with Crippen molar-refractivity contribution < 1.29 is 4.39 Å². The largest absolute Gasteiger partial charge is 0.379 e.